The van der Waals surface area contributed by atoms with Crippen molar-refractivity contribution in [1.29, 1.82) is 0 Å². The number of hydrogen-bond acceptors (Lipinski definition) is 8. The Balaban J connectivity index is 0.00000289. The van der Waals surface area contributed by atoms with Crippen molar-refractivity contribution in [1.82, 2.24) is 9.88 Å². The van der Waals surface area contributed by atoms with Crippen molar-refractivity contribution in [3.63, 3.8) is 0 Å². The van der Waals surface area contributed by atoms with E-state index in [4.69, 9.17) is 9.47 Å². The largest absolute Gasteiger partial charge is 0.486 e. The number of ether oxygens (including phenoxy) is 2. The minimum atomic E-state index is -0.484. The first-order chi connectivity index (χ1) is 14.9. The van der Waals surface area contributed by atoms with Crippen molar-refractivity contribution in [2.75, 3.05) is 45.3 Å². The van der Waals surface area contributed by atoms with E-state index in [1.54, 1.807) is 4.90 Å². The molecule has 4 rings (SSSR count). The number of amides is 1. The highest BCUT2D eigenvalue weighted by molar-refractivity contribution is 7.22. The molecule has 0 bridgehead atoms. The van der Waals surface area contributed by atoms with Crippen molar-refractivity contribution >= 4 is 50.7 Å². The smallest absolute Gasteiger partial charge is 0.269 e. The van der Waals surface area contributed by atoms with E-state index in [1.807, 2.05) is 26.2 Å². The van der Waals surface area contributed by atoms with Gasteiger partial charge in [-0.3, -0.25) is 19.8 Å². The van der Waals surface area contributed by atoms with Gasteiger partial charge in [0.05, 0.1) is 15.1 Å². The molecule has 0 saturated heterocycles. The summed E-state index contributed by atoms with van der Waals surface area (Å²) in [6.45, 7) is 2.27. The first kappa shape index (κ1) is 23.7. The third-order valence-corrected chi connectivity index (χ3v) is 5.87. The van der Waals surface area contributed by atoms with Crippen LogP contribution >= 0.6 is 23.7 Å². The van der Waals surface area contributed by atoms with Gasteiger partial charge < -0.3 is 14.4 Å². The molecule has 0 saturated carbocycles. The van der Waals surface area contributed by atoms with Crippen molar-refractivity contribution in [3.8, 4) is 11.5 Å². The van der Waals surface area contributed by atoms with Crippen LogP contribution in [0.3, 0.4) is 0 Å². The van der Waals surface area contributed by atoms with Crippen LogP contribution in [-0.2, 0) is 0 Å². The highest BCUT2D eigenvalue weighted by Gasteiger charge is 2.23. The zero-order valence-corrected chi connectivity index (χ0v) is 19.3. The number of nitro groups is 1. The zero-order chi connectivity index (χ0) is 22.0. The van der Waals surface area contributed by atoms with Gasteiger partial charge in [-0.25, -0.2) is 4.98 Å². The number of nitro benzene ring substituents is 1. The highest BCUT2D eigenvalue weighted by Crippen LogP contribution is 2.39. The van der Waals surface area contributed by atoms with E-state index < -0.39 is 4.92 Å². The summed E-state index contributed by atoms with van der Waals surface area (Å²) in [4.78, 5) is 32.1. The molecule has 32 heavy (non-hydrogen) atoms. The average Bonchev–Trinajstić information content (AvgIpc) is 3.16. The molecular weight excluding hydrogens is 456 g/mol. The number of carbonyl (C=O) groups excluding carboxylic acids is 1. The maximum absolute atomic E-state index is 13.3. The molecule has 1 amide bonds. The molecule has 0 aliphatic carbocycles. The highest BCUT2D eigenvalue weighted by atomic mass is 35.5. The Morgan fingerprint density at radius 2 is 1.78 bits per heavy atom. The van der Waals surface area contributed by atoms with E-state index >= 15 is 0 Å². The van der Waals surface area contributed by atoms with Crippen LogP contribution < -0.4 is 14.4 Å². The zero-order valence-electron chi connectivity index (χ0n) is 17.6. The van der Waals surface area contributed by atoms with E-state index in [9.17, 15) is 14.9 Å². The fraction of sp³-hybridized carbons (Fsp3) is 0.333. The number of aromatic nitrogens is 1. The summed E-state index contributed by atoms with van der Waals surface area (Å²) >= 11 is 1.40. The summed E-state index contributed by atoms with van der Waals surface area (Å²) in [5, 5.41) is 11.5. The normalized spacial score (nSPS) is 12.5. The number of fused-ring (bicyclic) bond motifs is 2. The lowest BCUT2D eigenvalue weighted by Gasteiger charge is -2.21. The second-order valence-electron chi connectivity index (χ2n) is 7.38. The Kier molecular flexibility index (Phi) is 7.49. The number of hydrogen-bond donors (Lipinski definition) is 0. The SMILES string of the molecule is CN(C)CCCN(C(=O)c1ccc([N+](=O)[O-])cc1)c1nc2cc3c(cc2s1)OCCO3.Cl. The molecule has 0 unspecified atom stereocenters. The van der Waals surface area contributed by atoms with Crippen LogP contribution in [-0.4, -0.2) is 61.1 Å². The molecule has 0 atom stereocenters. The lowest BCUT2D eigenvalue weighted by Crippen LogP contribution is -2.33. The molecule has 11 heteroatoms. The van der Waals surface area contributed by atoms with Gasteiger partial charge >= 0.3 is 0 Å². The van der Waals surface area contributed by atoms with Gasteiger partial charge in [0.25, 0.3) is 11.6 Å². The molecule has 2 aromatic carbocycles. The Hall–Kier alpha value is -2.95. The number of halogens is 1. The summed E-state index contributed by atoms with van der Waals surface area (Å²) in [5.74, 6) is 1.08. The van der Waals surface area contributed by atoms with Crippen LogP contribution in [0.1, 0.15) is 16.8 Å². The van der Waals surface area contributed by atoms with Gasteiger partial charge in [0.15, 0.2) is 16.6 Å². The third kappa shape index (κ3) is 5.09. The standard InChI is InChI=1S/C21H22N4O5S.ClH/c1-23(2)8-3-9-24(20(26)14-4-6-15(7-5-14)25(27)28)21-22-16-12-17-18(13-19(16)31-21)30-11-10-29-17;/h4-7,12-13H,3,8-11H2,1-2H3;1H. The second-order valence-corrected chi connectivity index (χ2v) is 8.39. The van der Waals surface area contributed by atoms with Gasteiger partial charge in [-0.2, -0.15) is 0 Å². The van der Waals surface area contributed by atoms with E-state index in [-0.39, 0.29) is 24.0 Å². The fourth-order valence-electron chi connectivity index (χ4n) is 3.28. The molecule has 3 aromatic rings. The summed E-state index contributed by atoms with van der Waals surface area (Å²) in [6.07, 6.45) is 0.754. The number of anilines is 1. The summed E-state index contributed by atoms with van der Waals surface area (Å²) < 4.78 is 12.2. The van der Waals surface area contributed by atoms with Crippen molar-refractivity contribution < 1.29 is 19.2 Å². The monoisotopic (exact) mass is 478 g/mol. The molecule has 0 fully saturated rings. The van der Waals surface area contributed by atoms with Crippen molar-refractivity contribution in [3.05, 3.63) is 52.1 Å². The van der Waals surface area contributed by atoms with Crippen LogP contribution in [0.2, 0.25) is 0 Å². The first-order valence-corrected chi connectivity index (χ1v) is 10.7. The van der Waals surface area contributed by atoms with E-state index in [1.165, 1.54) is 35.6 Å². The first-order valence-electron chi connectivity index (χ1n) is 9.83. The number of non-ortho nitro benzene ring substituents is 1. The predicted octanol–water partition coefficient (Wildman–Crippen LogP) is 4.00. The molecule has 0 spiro atoms. The van der Waals surface area contributed by atoms with Crippen molar-refractivity contribution in [2.24, 2.45) is 0 Å². The van der Waals surface area contributed by atoms with E-state index in [0.717, 1.165) is 23.2 Å². The van der Waals surface area contributed by atoms with Crippen LogP contribution in [0, 0.1) is 10.1 Å². The molecule has 0 radical (unpaired) electrons. The molecule has 1 aliphatic heterocycles. The third-order valence-electron chi connectivity index (χ3n) is 4.83. The van der Waals surface area contributed by atoms with Gasteiger partial charge in [-0.15, -0.1) is 12.4 Å². The maximum Gasteiger partial charge on any atom is 0.269 e. The summed E-state index contributed by atoms with van der Waals surface area (Å²) in [7, 11) is 3.95. The summed E-state index contributed by atoms with van der Waals surface area (Å²) in [5.41, 5.74) is 1.06. The van der Waals surface area contributed by atoms with Crippen LogP contribution in [0.15, 0.2) is 36.4 Å². The second kappa shape index (κ2) is 10.1. The molecule has 1 aromatic heterocycles. The number of nitrogens with zero attached hydrogens (tertiary/aromatic N) is 4. The Morgan fingerprint density at radius 3 is 2.41 bits per heavy atom. The quantitative estimate of drug-likeness (QED) is 0.374. The van der Waals surface area contributed by atoms with Crippen LogP contribution in [0.5, 0.6) is 11.5 Å². The molecule has 170 valence electrons. The number of rotatable bonds is 7. The number of thiazole rings is 1. The summed E-state index contributed by atoms with van der Waals surface area (Å²) in [6, 6.07) is 9.36. The maximum atomic E-state index is 13.3. The van der Waals surface area contributed by atoms with Crippen molar-refractivity contribution in [2.45, 2.75) is 6.42 Å². The van der Waals surface area contributed by atoms with Gasteiger partial charge in [0.2, 0.25) is 0 Å². The lowest BCUT2D eigenvalue weighted by atomic mass is 10.2. The minimum absolute atomic E-state index is 0. The van der Waals surface area contributed by atoms with Gasteiger partial charge in [0.1, 0.15) is 13.2 Å². The molecule has 2 heterocycles. The van der Waals surface area contributed by atoms with Gasteiger partial charge in [-0.1, -0.05) is 11.3 Å². The van der Waals surface area contributed by atoms with Gasteiger partial charge in [0, 0.05) is 36.4 Å². The Bertz CT molecular complexity index is 1080. The number of benzene rings is 2. The molecule has 9 nitrogen and oxygen atoms in total. The van der Waals surface area contributed by atoms with E-state index in [2.05, 4.69) is 9.88 Å². The minimum Gasteiger partial charge on any atom is -0.486 e. The number of carbonyl (C=O) groups is 1. The lowest BCUT2D eigenvalue weighted by molar-refractivity contribution is -0.384. The van der Waals surface area contributed by atoms with E-state index in [0.29, 0.717) is 42.0 Å². The fourth-order valence-corrected chi connectivity index (χ4v) is 4.28. The van der Waals surface area contributed by atoms with Crippen LogP contribution in [0.25, 0.3) is 10.2 Å². The van der Waals surface area contributed by atoms with Gasteiger partial charge in [-0.05, 0) is 39.2 Å². The average molecular weight is 479 g/mol. The molecular formula is C21H23ClN4O5S. The molecule has 1 aliphatic rings. The Labute approximate surface area is 195 Å². The molecule has 0 N–H and O–H groups in total. The Morgan fingerprint density at radius 1 is 1.12 bits per heavy atom. The van der Waals surface area contributed by atoms with Crippen LogP contribution in [0.4, 0.5) is 10.8 Å². The topological polar surface area (TPSA) is 98.0 Å². The predicted molar refractivity (Wildman–Crippen MR) is 126 cm³/mol.